The van der Waals surface area contributed by atoms with E-state index in [1.807, 2.05) is 6.92 Å². The van der Waals surface area contributed by atoms with Gasteiger partial charge in [0, 0.05) is 32.7 Å². The molecule has 0 bridgehead atoms. The molecule has 0 heterocycles. The van der Waals surface area contributed by atoms with Crippen molar-refractivity contribution >= 4 is 23.9 Å². The summed E-state index contributed by atoms with van der Waals surface area (Å²) in [4.78, 5) is 53.4. The zero-order valence-electron chi connectivity index (χ0n) is 24.4. The second-order valence-corrected chi connectivity index (χ2v) is 12.1. The molecule has 0 radical (unpaired) electrons. The Hall–Kier alpha value is -2.24. The molecule has 0 aliphatic rings. The van der Waals surface area contributed by atoms with Gasteiger partial charge in [0.05, 0.1) is 13.0 Å². The van der Waals surface area contributed by atoms with Crippen LogP contribution in [0.2, 0.25) is 0 Å². The maximum atomic E-state index is 13.6. The molecule has 216 valence electrons. The van der Waals surface area contributed by atoms with Crippen molar-refractivity contribution in [2.75, 3.05) is 45.8 Å². The Morgan fingerprint density at radius 2 is 1.19 bits per heavy atom. The first kappa shape index (κ1) is 34.8. The van der Waals surface area contributed by atoms with Gasteiger partial charge in [0.1, 0.15) is 16.8 Å². The first-order valence-corrected chi connectivity index (χ1v) is 12.7. The molecule has 0 saturated heterocycles. The maximum absolute atomic E-state index is 13.6. The van der Waals surface area contributed by atoms with Crippen LogP contribution in [0.15, 0.2) is 0 Å². The van der Waals surface area contributed by atoms with Crippen LogP contribution in [0.5, 0.6) is 0 Å². The highest BCUT2D eigenvalue weighted by atomic mass is 16.6. The molecule has 11 nitrogen and oxygen atoms in total. The van der Waals surface area contributed by atoms with Gasteiger partial charge in [-0.15, -0.1) is 0 Å². The Bertz CT molecular complexity index is 735. The van der Waals surface area contributed by atoms with Gasteiger partial charge in [-0.05, 0) is 68.9 Å². The summed E-state index contributed by atoms with van der Waals surface area (Å²) >= 11 is 0. The van der Waals surface area contributed by atoms with Crippen molar-refractivity contribution in [1.29, 1.82) is 0 Å². The summed E-state index contributed by atoms with van der Waals surface area (Å²) < 4.78 is 16.6. The summed E-state index contributed by atoms with van der Waals surface area (Å²) in [6.45, 7) is 18.8. The van der Waals surface area contributed by atoms with Crippen LogP contribution in [0.1, 0.15) is 75.7 Å². The first-order chi connectivity index (χ1) is 16.7. The highest BCUT2D eigenvalue weighted by Crippen LogP contribution is 2.33. The molecule has 0 amide bonds. The van der Waals surface area contributed by atoms with E-state index in [0.717, 1.165) is 13.1 Å². The molecule has 0 fully saturated rings. The van der Waals surface area contributed by atoms with E-state index in [2.05, 4.69) is 10.6 Å². The molecule has 0 aliphatic carbocycles. The van der Waals surface area contributed by atoms with Gasteiger partial charge < -0.3 is 30.0 Å². The maximum Gasteiger partial charge on any atom is 0.325 e. The Balaban J connectivity index is 6.39. The molecule has 0 aromatic rings. The van der Waals surface area contributed by atoms with Crippen LogP contribution in [0, 0.1) is 5.41 Å². The van der Waals surface area contributed by atoms with Crippen LogP contribution in [-0.2, 0) is 33.4 Å². The Morgan fingerprint density at radius 1 is 0.730 bits per heavy atom. The topological polar surface area (TPSA) is 144 Å². The summed E-state index contributed by atoms with van der Waals surface area (Å²) in [7, 11) is 0. The number of carbonyl (C=O) groups is 4. The van der Waals surface area contributed by atoms with Crippen molar-refractivity contribution in [2.24, 2.45) is 5.41 Å². The number of nitrogens with one attached hydrogen (secondary N) is 2. The summed E-state index contributed by atoms with van der Waals surface area (Å²) in [6, 6.07) is 0. The Labute approximate surface area is 222 Å². The van der Waals surface area contributed by atoms with Crippen molar-refractivity contribution in [1.82, 2.24) is 15.5 Å². The van der Waals surface area contributed by atoms with Gasteiger partial charge in [-0.2, -0.15) is 0 Å². The lowest BCUT2D eigenvalue weighted by molar-refractivity contribution is -0.192. The smallest absolute Gasteiger partial charge is 0.325 e. The zero-order chi connectivity index (χ0) is 29.1. The summed E-state index contributed by atoms with van der Waals surface area (Å²) in [5.41, 5.74) is -4.99. The van der Waals surface area contributed by atoms with Crippen LogP contribution >= 0.6 is 0 Å². The van der Waals surface area contributed by atoms with E-state index < -0.39 is 65.6 Å². The van der Waals surface area contributed by atoms with Crippen LogP contribution in [0.25, 0.3) is 0 Å². The fraction of sp³-hybridized carbons (Fsp3) is 0.846. The number of rotatable bonds is 15. The molecular formula is C26H49N3O8. The van der Waals surface area contributed by atoms with Gasteiger partial charge in [-0.25, -0.2) is 0 Å². The molecular weight excluding hydrogens is 482 g/mol. The average molecular weight is 532 g/mol. The number of hydrogen-bond acceptors (Lipinski definition) is 10. The normalized spacial score (nSPS) is 12.8. The number of esters is 3. The Kier molecular flexibility index (Phi) is 13.7. The quantitative estimate of drug-likeness (QED) is 0.123. The van der Waals surface area contributed by atoms with E-state index in [1.54, 1.807) is 62.3 Å². The number of carboxylic acid groups (broad SMARTS) is 1. The number of carbonyl (C=O) groups excluding carboxylic acids is 3. The number of nitrogens with zero attached hydrogens (tertiary/aromatic N) is 1. The molecule has 0 saturated carbocycles. The predicted molar refractivity (Wildman–Crippen MR) is 140 cm³/mol. The van der Waals surface area contributed by atoms with Gasteiger partial charge in [0.2, 0.25) is 0 Å². The highest BCUT2D eigenvalue weighted by Gasteiger charge is 2.54. The molecule has 0 spiro atoms. The molecule has 0 unspecified atom stereocenters. The third-order valence-electron chi connectivity index (χ3n) is 4.63. The molecule has 37 heavy (non-hydrogen) atoms. The van der Waals surface area contributed by atoms with Gasteiger partial charge in [-0.3, -0.25) is 24.1 Å². The summed E-state index contributed by atoms with van der Waals surface area (Å²) in [6.07, 6.45) is -0.669. The predicted octanol–water partition coefficient (Wildman–Crippen LogP) is 1.97. The van der Waals surface area contributed by atoms with E-state index in [1.165, 1.54) is 4.90 Å². The van der Waals surface area contributed by atoms with Crippen molar-refractivity contribution in [3.05, 3.63) is 0 Å². The lowest BCUT2D eigenvalue weighted by Gasteiger charge is -2.37. The third kappa shape index (κ3) is 15.6. The van der Waals surface area contributed by atoms with Gasteiger partial charge in [0.15, 0.2) is 5.41 Å². The van der Waals surface area contributed by atoms with Crippen molar-refractivity contribution in [2.45, 2.75) is 92.5 Å². The minimum atomic E-state index is -2.15. The third-order valence-corrected chi connectivity index (χ3v) is 4.63. The molecule has 11 heteroatoms. The summed E-state index contributed by atoms with van der Waals surface area (Å²) in [5.74, 6) is -3.90. The second-order valence-electron chi connectivity index (χ2n) is 12.1. The standard InChI is InChI=1S/C26H49N3O8/c1-11-27-12-13-28-14-15-29(17-19(30)31)18-26(21(33)36-24(5,6)7,22(34)37-25(8,9)10)16-20(32)35-23(2,3)4/h27-28H,11-18H2,1-10H3,(H,30,31). The van der Waals surface area contributed by atoms with Crippen LogP contribution in [0.3, 0.4) is 0 Å². The summed E-state index contributed by atoms with van der Waals surface area (Å²) in [5, 5.41) is 15.9. The number of carboxylic acids is 1. The van der Waals surface area contributed by atoms with E-state index in [0.29, 0.717) is 13.1 Å². The second kappa shape index (κ2) is 14.6. The molecule has 3 N–H and O–H groups in total. The number of likely N-dealkylation sites (N-methyl/N-ethyl adjacent to an activating group) is 1. The lowest BCUT2D eigenvalue weighted by Crippen LogP contribution is -2.55. The van der Waals surface area contributed by atoms with Crippen molar-refractivity contribution in [3.8, 4) is 0 Å². The zero-order valence-corrected chi connectivity index (χ0v) is 24.4. The van der Waals surface area contributed by atoms with Gasteiger partial charge in [0.25, 0.3) is 0 Å². The fourth-order valence-electron chi connectivity index (χ4n) is 3.29. The number of hydrogen-bond donors (Lipinski definition) is 3. The lowest BCUT2D eigenvalue weighted by atomic mass is 9.82. The largest absolute Gasteiger partial charge is 0.480 e. The molecule has 0 rings (SSSR count). The van der Waals surface area contributed by atoms with Crippen LogP contribution < -0.4 is 10.6 Å². The molecule has 0 aliphatic heterocycles. The van der Waals surface area contributed by atoms with E-state index in [4.69, 9.17) is 14.2 Å². The minimum Gasteiger partial charge on any atom is -0.480 e. The van der Waals surface area contributed by atoms with Crippen molar-refractivity contribution < 1.29 is 38.5 Å². The van der Waals surface area contributed by atoms with E-state index in [9.17, 15) is 24.3 Å². The monoisotopic (exact) mass is 531 g/mol. The van der Waals surface area contributed by atoms with Crippen LogP contribution in [-0.4, -0.2) is 96.5 Å². The van der Waals surface area contributed by atoms with Gasteiger partial charge >= 0.3 is 23.9 Å². The first-order valence-electron chi connectivity index (χ1n) is 12.7. The fourth-order valence-corrected chi connectivity index (χ4v) is 3.29. The average Bonchev–Trinajstić information content (AvgIpc) is 2.65. The Morgan fingerprint density at radius 3 is 1.59 bits per heavy atom. The van der Waals surface area contributed by atoms with E-state index in [-0.39, 0.29) is 6.54 Å². The number of ether oxygens (including phenoxy) is 3. The van der Waals surface area contributed by atoms with Gasteiger partial charge in [-0.1, -0.05) is 6.92 Å². The SMILES string of the molecule is CCNCCNCCN(CC(=O)O)CC(CC(=O)OC(C)(C)C)(C(=O)OC(C)(C)C)C(=O)OC(C)(C)C. The highest BCUT2D eigenvalue weighted by molar-refractivity contribution is 6.03. The number of aliphatic carboxylic acids is 1. The molecule has 0 aromatic carbocycles. The minimum absolute atomic E-state index is 0.195. The van der Waals surface area contributed by atoms with E-state index >= 15 is 0 Å². The van der Waals surface area contributed by atoms with Crippen LogP contribution in [0.4, 0.5) is 0 Å². The molecule has 0 aromatic heterocycles. The van der Waals surface area contributed by atoms with Crippen molar-refractivity contribution in [3.63, 3.8) is 0 Å². The molecule has 0 atom stereocenters.